The molecule has 3 rings (SSSR count). The Morgan fingerprint density at radius 1 is 0.338 bits per heavy atom. The Labute approximate surface area is 386 Å². The van der Waals surface area contributed by atoms with E-state index in [-0.39, 0.29) is 0 Å². The summed E-state index contributed by atoms with van der Waals surface area (Å²) in [7, 11) is 0. The molecule has 3 heterocycles. The van der Waals surface area contributed by atoms with Crippen LogP contribution in [0.4, 0.5) is 0 Å². The van der Waals surface area contributed by atoms with Crippen molar-refractivity contribution in [3.8, 4) is 0 Å². The SMILES string of the molecule is CC(=O)OCC1OC(OC2C(COC(C)=O)OC(OC3C(COC(C)=O)OC(OCC(=O)O)C(OC(C)=O)C3OC(C)=O)C(OC(C)=O)C2OC(C)=O)C(OC(C)=O)C(OC(C)=O)C1OC(C)=O. The largest absolute Gasteiger partial charge is 0.480 e. The minimum absolute atomic E-state index is 0.701. The van der Waals surface area contributed by atoms with Gasteiger partial charge in [0.25, 0.3) is 0 Å². The van der Waals surface area contributed by atoms with E-state index >= 15 is 0 Å². The van der Waals surface area contributed by atoms with E-state index in [0.29, 0.717) is 0 Å². The summed E-state index contributed by atoms with van der Waals surface area (Å²) in [4.78, 5) is 136. The van der Waals surface area contributed by atoms with Crippen LogP contribution in [-0.2, 0) is 129 Å². The molecule has 3 saturated heterocycles. The lowest BCUT2D eigenvalue weighted by Crippen LogP contribution is -2.69. The Morgan fingerprint density at radius 2 is 0.588 bits per heavy atom. The van der Waals surface area contributed by atoms with Crippen molar-refractivity contribution in [2.24, 2.45) is 0 Å². The number of carbonyl (C=O) groups excluding carboxylic acids is 10. The summed E-state index contributed by atoms with van der Waals surface area (Å²) in [6.45, 7) is 6.31. The summed E-state index contributed by atoms with van der Waals surface area (Å²) >= 11 is 0. The van der Waals surface area contributed by atoms with Crippen LogP contribution in [0.15, 0.2) is 0 Å². The van der Waals surface area contributed by atoms with E-state index in [9.17, 15) is 57.8 Å². The third-order valence-corrected chi connectivity index (χ3v) is 9.19. The minimum atomic E-state index is -2.08. The number of carboxylic acid groups (broad SMARTS) is 1. The average Bonchev–Trinajstić information content (AvgIpc) is 3.19. The molecule has 3 aliphatic rings. The second-order valence-electron chi connectivity index (χ2n) is 15.0. The summed E-state index contributed by atoms with van der Waals surface area (Å²) in [5, 5.41) is 9.36. The zero-order valence-electron chi connectivity index (χ0n) is 38.5. The lowest BCUT2D eigenvalue weighted by Gasteiger charge is -2.50. The number of rotatable bonds is 20. The van der Waals surface area contributed by atoms with Crippen molar-refractivity contribution in [3.63, 3.8) is 0 Å². The van der Waals surface area contributed by atoms with Crippen LogP contribution in [0.25, 0.3) is 0 Å². The van der Waals surface area contributed by atoms with Gasteiger partial charge in [-0.2, -0.15) is 0 Å². The summed E-state index contributed by atoms with van der Waals surface area (Å²) < 4.78 is 90.4. The van der Waals surface area contributed by atoms with Gasteiger partial charge in [-0.1, -0.05) is 0 Å². The Balaban J connectivity index is 2.30. The third-order valence-electron chi connectivity index (χ3n) is 9.19. The van der Waals surface area contributed by atoms with E-state index in [4.69, 9.17) is 75.8 Å². The zero-order chi connectivity index (χ0) is 51.2. The summed E-state index contributed by atoms with van der Waals surface area (Å²) in [5.74, 6) is -11.4. The van der Waals surface area contributed by atoms with E-state index in [1.165, 1.54) is 0 Å². The molecule has 15 atom stereocenters. The highest BCUT2D eigenvalue weighted by Crippen LogP contribution is 2.38. The van der Waals surface area contributed by atoms with Crippen molar-refractivity contribution >= 4 is 65.7 Å². The fraction of sp³-hybridized carbons (Fsp3) is 0.725. The van der Waals surface area contributed by atoms with Crippen LogP contribution < -0.4 is 0 Å². The molecule has 68 heavy (non-hydrogen) atoms. The first-order valence-corrected chi connectivity index (χ1v) is 20.5. The minimum Gasteiger partial charge on any atom is -0.480 e. The van der Waals surface area contributed by atoms with Crippen molar-refractivity contribution in [2.45, 2.75) is 161 Å². The zero-order valence-corrected chi connectivity index (χ0v) is 38.5. The van der Waals surface area contributed by atoms with Crippen LogP contribution >= 0.6 is 0 Å². The number of carbonyl (C=O) groups is 11. The molecule has 1 N–H and O–H groups in total. The van der Waals surface area contributed by atoms with Crippen LogP contribution in [0.3, 0.4) is 0 Å². The van der Waals surface area contributed by atoms with Crippen molar-refractivity contribution in [3.05, 3.63) is 0 Å². The first kappa shape index (κ1) is 56.3. The van der Waals surface area contributed by atoms with E-state index in [2.05, 4.69) is 0 Å². The maximum Gasteiger partial charge on any atom is 0.329 e. The highest BCUT2D eigenvalue weighted by atomic mass is 16.8. The third kappa shape index (κ3) is 17.2. The molecule has 0 aromatic heterocycles. The second-order valence-corrected chi connectivity index (χ2v) is 15.0. The smallest absolute Gasteiger partial charge is 0.329 e. The molecule has 0 saturated carbocycles. The average molecular weight is 983 g/mol. The number of carboxylic acids is 1. The van der Waals surface area contributed by atoms with Crippen LogP contribution in [-0.4, -0.2) is 189 Å². The van der Waals surface area contributed by atoms with E-state index in [1.807, 2.05) is 0 Å². The Kier molecular flexibility index (Phi) is 21.4. The van der Waals surface area contributed by atoms with Crippen molar-refractivity contribution in [2.75, 3.05) is 26.4 Å². The summed E-state index contributed by atoms with van der Waals surface area (Å²) in [6.07, 6.45) is -27.7. The maximum atomic E-state index is 13.0. The first-order valence-electron chi connectivity index (χ1n) is 20.5. The molecule has 0 aliphatic carbocycles. The van der Waals surface area contributed by atoms with Crippen molar-refractivity contribution in [1.82, 2.24) is 0 Å². The molecule has 0 spiro atoms. The number of esters is 10. The molecule has 15 unspecified atom stereocenters. The molecule has 0 bridgehead atoms. The molecule has 28 heteroatoms. The molecule has 382 valence electrons. The predicted molar refractivity (Wildman–Crippen MR) is 208 cm³/mol. The van der Waals surface area contributed by atoms with Gasteiger partial charge in [-0.05, 0) is 0 Å². The monoisotopic (exact) mass is 982 g/mol. The van der Waals surface area contributed by atoms with Gasteiger partial charge in [-0.25, -0.2) is 4.79 Å². The van der Waals surface area contributed by atoms with Gasteiger partial charge in [0, 0.05) is 69.2 Å². The summed E-state index contributed by atoms with van der Waals surface area (Å²) in [6, 6.07) is 0. The topological polar surface area (TPSA) is 356 Å². The standard InChI is InChI=1S/C40H54O28/c1-15(41)53-11-25-29(57-18(4)44)32(58-19(5)45)36(62-23(9)49)39(65-25)68-31-27(13-55-17(3)43)66-40(37(63-24(10)50)34(31)60-21(7)47)67-30-26(12-54-16(2)42)64-38(56-14-28(51)52)35(61-22(8)48)33(30)59-20(6)46/h25-27,29-40H,11-14H2,1-10H3,(H,51,52). The van der Waals surface area contributed by atoms with Crippen LogP contribution in [0.1, 0.15) is 69.2 Å². The highest BCUT2D eigenvalue weighted by Gasteiger charge is 2.60. The van der Waals surface area contributed by atoms with Gasteiger partial charge < -0.3 is 80.9 Å². The van der Waals surface area contributed by atoms with E-state index in [1.54, 1.807) is 0 Å². The number of aliphatic carboxylic acids is 1. The molecule has 28 nitrogen and oxygen atoms in total. The molecular weight excluding hydrogens is 928 g/mol. The van der Waals surface area contributed by atoms with Gasteiger partial charge in [0.05, 0.1) is 0 Å². The second kappa shape index (κ2) is 25.9. The lowest BCUT2D eigenvalue weighted by molar-refractivity contribution is -0.380. The lowest BCUT2D eigenvalue weighted by atomic mass is 9.95. The van der Waals surface area contributed by atoms with Gasteiger partial charge in [0.1, 0.15) is 56.9 Å². The van der Waals surface area contributed by atoms with E-state index in [0.717, 1.165) is 69.2 Å². The Bertz CT molecular complexity index is 1870. The number of hydrogen-bond acceptors (Lipinski definition) is 27. The first-order chi connectivity index (χ1) is 31.8. The van der Waals surface area contributed by atoms with Gasteiger partial charge in [-0.15, -0.1) is 0 Å². The Morgan fingerprint density at radius 3 is 0.882 bits per heavy atom. The molecule has 0 aromatic carbocycles. The van der Waals surface area contributed by atoms with Gasteiger partial charge in [-0.3, -0.25) is 47.9 Å². The van der Waals surface area contributed by atoms with Gasteiger partial charge in [0.15, 0.2) is 61.6 Å². The van der Waals surface area contributed by atoms with Crippen LogP contribution in [0, 0.1) is 0 Å². The molecule has 0 amide bonds. The van der Waals surface area contributed by atoms with E-state index < -0.39 is 184 Å². The Hall–Kier alpha value is -6.07. The molecule has 0 radical (unpaired) electrons. The fourth-order valence-corrected chi connectivity index (χ4v) is 7.04. The van der Waals surface area contributed by atoms with Crippen molar-refractivity contribution in [1.29, 1.82) is 0 Å². The molecular formula is C40H54O28. The summed E-state index contributed by atoms with van der Waals surface area (Å²) in [5.41, 5.74) is 0. The van der Waals surface area contributed by atoms with Gasteiger partial charge >= 0.3 is 65.7 Å². The molecule has 0 aromatic rings. The molecule has 3 fully saturated rings. The van der Waals surface area contributed by atoms with Crippen LogP contribution in [0.5, 0.6) is 0 Å². The van der Waals surface area contributed by atoms with Crippen LogP contribution in [0.2, 0.25) is 0 Å². The van der Waals surface area contributed by atoms with Gasteiger partial charge in [0.2, 0.25) is 0 Å². The quantitative estimate of drug-likeness (QED) is 0.104. The molecule has 3 aliphatic heterocycles. The number of ether oxygens (including phenoxy) is 16. The highest BCUT2D eigenvalue weighted by molar-refractivity contribution is 5.70. The fourth-order valence-electron chi connectivity index (χ4n) is 7.04. The predicted octanol–water partition coefficient (Wildman–Crippen LogP) is -1.76. The normalized spacial score (nSPS) is 31.0. The maximum absolute atomic E-state index is 13.0. The van der Waals surface area contributed by atoms with Crippen molar-refractivity contribution < 1.29 is 134 Å². The number of hydrogen-bond donors (Lipinski definition) is 1.